The summed E-state index contributed by atoms with van der Waals surface area (Å²) in [5.41, 5.74) is 5.80. The molecule has 0 bridgehead atoms. The molecule has 0 spiro atoms. The summed E-state index contributed by atoms with van der Waals surface area (Å²) in [4.78, 5) is 8.72. The van der Waals surface area contributed by atoms with Gasteiger partial charge in [-0.3, -0.25) is 10.4 Å². The number of nitrogens with zero attached hydrogens (tertiary/aromatic N) is 3. The average molecular weight is 262 g/mol. The molecule has 0 saturated carbocycles. The van der Waals surface area contributed by atoms with Crippen molar-refractivity contribution in [2.24, 2.45) is 5.10 Å². The summed E-state index contributed by atoms with van der Waals surface area (Å²) in [6.45, 7) is 2.01. The summed E-state index contributed by atoms with van der Waals surface area (Å²) in [6.07, 6.45) is 3.49. The first-order chi connectivity index (χ1) is 9.81. The third-order valence-corrected chi connectivity index (χ3v) is 2.91. The lowest BCUT2D eigenvalue weighted by molar-refractivity contribution is 1.23. The number of hydrogen-bond acceptors (Lipinski definition) is 4. The second-order valence-corrected chi connectivity index (χ2v) is 4.52. The molecule has 0 aliphatic rings. The van der Waals surface area contributed by atoms with Gasteiger partial charge in [-0.15, -0.1) is 0 Å². The van der Waals surface area contributed by atoms with E-state index < -0.39 is 0 Å². The molecule has 98 valence electrons. The van der Waals surface area contributed by atoms with E-state index in [2.05, 4.69) is 20.5 Å². The van der Waals surface area contributed by atoms with Crippen molar-refractivity contribution in [2.45, 2.75) is 6.92 Å². The fourth-order valence-electron chi connectivity index (χ4n) is 1.85. The van der Waals surface area contributed by atoms with E-state index in [4.69, 9.17) is 0 Å². The van der Waals surface area contributed by atoms with Crippen molar-refractivity contribution >= 4 is 22.9 Å². The summed E-state index contributed by atoms with van der Waals surface area (Å²) in [6, 6.07) is 15.8. The highest BCUT2D eigenvalue weighted by Gasteiger charge is 1.95. The number of hydrogen-bond donors (Lipinski definition) is 1. The Balaban J connectivity index is 1.74. The molecule has 0 saturated heterocycles. The second-order valence-electron chi connectivity index (χ2n) is 4.52. The number of hydrazone groups is 1. The monoisotopic (exact) mass is 262 g/mol. The number of aromatic nitrogens is 2. The van der Waals surface area contributed by atoms with Crippen LogP contribution in [0.15, 0.2) is 59.8 Å². The van der Waals surface area contributed by atoms with E-state index in [1.807, 2.05) is 61.7 Å². The van der Waals surface area contributed by atoms with Gasteiger partial charge in [-0.2, -0.15) is 5.10 Å². The smallest absolute Gasteiger partial charge is 0.146 e. The molecule has 1 aromatic carbocycles. The van der Waals surface area contributed by atoms with E-state index in [0.29, 0.717) is 5.82 Å². The van der Waals surface area contributed by atoms with Crippen LogP contribution in [0, 0.1) is 6.92 Å². The molecule has 3 rings (SSSR count). The Kier molecular flexibility index (Phi) is 3.37. The molecule has 0 amide bonds. The average Bonchev–Trinajstić information content (AvgIpc) is 2.49. The minimum Gasteiger partial charge on any atom is -0.261 e. The lowest BCUT2D eigenvalue weighted by Gasteiger charge is -2.01. The zero-order valence-corrected chi connectivity index (χ0v) is 11.1. The highest BCUT2D eigenvalue weighted by atomic mass is 15.3. The zero-order chi connectivity index (χ0) is 13.8. The summed E-state index contributed by atoms with van der Waals surface area (Å²) in [7, 11) is 0. The van der Waals surface area contributed by atoms with Crippen LogP contribution < -0.4 is 5.43 Å². The SMILES string of the molecule is Cc1ccc(/C=N/Nc2ccc3ccccc3n2)nc1. The van der Waals surface area contributed by atoms with E-state index in [1.165, 1.54) is 0 Å². The van der Waals surface area contributed by atoms with Crippen LogP contribution in [0.4, 0.5) is 5.82 Å². The molecule has 0 unspecified atom stereocenters. The number of anilines is 1. The molecule has 0 fully saturated rings. The van der Waals surface area contributed by atoms with Crippen molar-refractivity contribution in [1.82, 2.24) is 9.97 Å². The third kappa shape index (κ3) is 2.80. The lowest BCUT2D eigenvalue weighted by atomic mass is 10.2. The molecule has 0 aliphatic carbocycles. The number of rotatable bonds is 3. The molecule has 0 atom stereocenters. The van der Waals surface area contributed by atoms with Crippen LogP contribution in [-0.4, -0.2) is 16.2 Å². The van der Waals surface area contributed by atoms with Crippen molar-refractivity contribution < 1.29 is 0 Å². The molecule has 3 aromatic rings. The molecule has 2 aromatic heterocycles. The van der Waals surface area contributed by atoms with Crippen LogP contribution >= 0.6 is 0 Å². The van der Waals surface area contributed by atoms with Crippen molar-refractivity contribution in [3.05, 3.63) is 66.0 Å². The number of benzene rings is 1. The number of aryl methyl sites for hydroxylation is 1. The van der Waals surface area contributed by atoms with E-state index in [-0.39, 0.29) is 0 Å². The van der Waals surface area contributed by atoms with Gasteiger partial charge in [-0.05, 0) is 36.8 Å². The highest BCUT2D eigenvalue weighted by Crippen LogP contribution is 2.14. The van der Waals surface area contributed by atoms with Gasteiger partial charge in [0.15, 0.2) is 0 Å². The van der Waals surface area contributed by atoms with Crippen LogP contribution in [0.5, 0.6) is 0 Å². The first-order valence-electron chi connectivity index (χ1n) is 6.39. The maximum atomic E-state index is 4.48. The van der Waals surface area contributed by atoms with Gasteiger partial charge in [-0.1, -0.05) is 24.3 Å². The molecule has 0 radical (unpaired) electrons. The Labute approximate surface area is 117 Å². The predicted octanol–water partition coefficient (Wildman–Crippen LogP) is 3.38. The number of para-hydroxylation sites is 1. The van der Waals surface area contributed by atoms with Gasteiger partial charge in [0.05, 0.1) is 17.4 Å². The topological polar surface area (TPSA) is 50.2 Å². The Morgan fingerprint density at radius 1 is 1.05 bits per heavy atom. The van der Waals surface area contributed by atoms with Gasteiger partial charge in [0, 0.05) is 11.6 Å². The zero-order valence-electron chi connectivity index (χ0n) is 11.1. The van der Waals surface area contributed by atoms with E-state index >= 15 is 0 Å². The minimum absolute atomic E-state index is 0.715. The Morgan fingerprint density at radius 2 is 1.95 bits per heavy atom. The summed E-state index contributed by atoms with van der Waals surface area (Å²) >= 11 is 0. The Hall–Kier alpha value is -2.75. The molecule has 20 heavy (non-hydrogen) atoms. The van der Waals surface area contributed by atoms with E-state index in [0.717, 1.165) is 22.2 Å². The maximum absolute atomic E-state index is 4.48. The van der Waals surface area contributed by atoms with Crippen molar-refractivity contribution in [1.29, 1.82) is 0 Å². The number of fused-ring (bicyclic) bond motifs is 1. The van der Waals surface area contributed by atoms with Gasteiger partial charge in [-0.25, -0.2) is 4.98 Å². The fourth-order valence-corrected chi connectivity index (χ4v) is 1.85. The second kappa shape index (κ2) is 5.48. The molecular formula is C16H14N4. The lowest BCUT2D eigenvalue weighted by Crippen LogP contribution is -1.95. The van der Waals surface area contributed by atoms with E-state index in [1.54, 1.807) is 6.21 Å². The van der Waals surface area contributed by atoms with Crippen molar-refractivity contribution in [3.63, 3.8) is 0 Å². The highest BCUT2D eigenvalue weighted by molar-refractivity contribution is 5.80. The quantitative estimate of drug-likeness (QED) is 0.581. The number of nitrogens with one attached hydrogen (secondary N) is 1. The van der Waals surface area contributed by atoms with Crippen LogP contribution in [0.25, 0.3) is 10.9 Å². The normalized spacial score (nSPS) is 11.1. The minimum atomic E-state index is 0.715. The van der Waals surface area contributed by atoms with Crippen molar-refractivity contribution in [2.75, 3.05) is 5.43 Å². The van der Waals surface area contributed by atoms with Crippen LogP contribution in [-0.2, 0) is 0 Å². The fraction of sp³-hybridized carbons (Fsp3) is 0.0625. The molecular weight excluding hydrogens is 248 g/mol. The summed E-state index contributed by atoms with van der Waals surface area (Å²) in [5.74, 6) is 0.715. The van der Waals surface area contributed by atoms with Gasteiger partial charge < -0.3 is 0 Å². The molecule has 0 aliphatic heterocycles. The maximum Gasteiger partial charge on any atom is 0.146 e. The van der Waals surface area contributed by atoms with Crippen LogP contribution in [0.1, 0.15) is 11.3 Å². The third-order valence-electron chi connectivity index (χ3n) is 2.91. The Morgan fingerprint density at radius 3 is 2.80 bits per heavy atom. The summed E-state index contributed by atoms with van der Waals surface area (Å²) in [5, 5.41) is 5.26. The first kappa shape index (κ1) is 12.3. The molecule has 4 nitrogen and oxygen atoms in total. The van der Waals surface area contributed by atoms with Crippen LogP contribution in [0.2, 0.25) is 0 Å². The van der Waals surface area contributed by atoms with Gasteiger partial charge in [0.1, 0.15) is 5.82 Å². The largest absolute Gasteiger partial charge is 0.261 e. The van der Waals surface area contributed by atoms with Gasteiger partial charge in [0.25, 0.3) is 0 Å². The van der Waals surface area contributed by atoms with E-state index in [9.17, 15) is 0 Å². The number of pyridine rings is 2. The van der Waals surface area contributed by atoms with Crippen molar-refractivity contribution in [3.8, 4) is 0 Å². The first-order valence-corrected chi connectivity index (χ1v) is 6.39. The molecule has 4 heteroatoms. The predicted molar refractivity (Wildman–Crippen MR) is 81.9 cm³/mol. The molecule has 1 N–H and O–H groups in total. The van der Waals surface area contributed by atoms with Gasteiger partial charge in [0.2, 0.25) is 0 Å². The Bertz CT molecular complexity index is 748. The summed E-state index contributed by atoms with van der Waals surface area (Å²) < 4.78 is 0. The standard InChI is InChI=1S/C16H14N4/c1-12-6-8-14(17-10-12)11-18-20-16-9-7-13-4-2-3-5-15(13)19-16/h2-11H,1H3,(H,19,20)/b18-11+. The van der Waals surface area contributed by atoms with Crippen LogP contribution in [0.3, 0.4) is 0 Å². The molecule has 2 heterocycles. The van der Waals surface area contributed by atoms with Gasteiger partial charge >= 0.3 is 0 Å².